The van der Waals surface area contributed by atoms with E-state index in [-0.39, 0.29) is 10.9 Å². The number of para-hydroxylation sites is 1. The number of rotatable bonds is 6. The van der Waals surface area contributed by atoms with Crippen LogP contribution in [0.2, 0.25) is 0 Å². The van der Waals surface area contributed by atoms with Gasteiger partial charge in [0.15, 0.2) is 10.9 Å². The number of sulfonamides is 1. The highest BCUT2D eigenvalue weighted by atomic mass is 32.2. The van der Waals surface area contributed by atoms with E-state index in [2.05, 4.69) is 9.97 Å². The molecule has 1 saturated heterocycles. The van der Waals surface area contributed by atoms with Gasteiger partial charge in [-0.05, 0) is 18.9 Å². The Bertz CT molecular complexity index is 1090. The minimum atomic E-state index is -3.62. The fraction of sp³-hybridized carbons (Fsp3) is 0.400. The Hall–Kier alpha value is -2.65. The standard InChI is InChI=1S/C20H24N4O4S/c1-23-13-19(22-14-23)29(25,26)24-9-5-7-16(12-24)20-21-11-17(28-20)10-15-6-3-4-8-18(15)27-2/h3-4,6,8,11,13-14,16H,5,7,9-10,12H2,1-2H3/t16-/m1/s1. The molecule has 2 aromatic heterocycles. The first kappa shape index (κ1) is 19.7. The van der Waals surface area contributed by atoms with Crippen molar-refractivity contribution in [3.8, 4) is 5.75 Å². The molecule has 1 aliphatic rings. The van der Waals surface area contributed by atoms with Crippen LogP contribution in [-0.2, 0) is 23.5 Å². The van der Waals surface area contributed by atoms with E-state index in [0.29, 0.717) is 25.4 Å². The lowest BCUT2D eigenvalue weighted by Crippen LogP contribution is -2.39. The topological polar surface area (TPSA) is 90.5 Å². The molecule has 8 nitrogen and oxygen atoms in total. The number of oxazole rings is 1. The molecule has 0 N–H and O–H groups in total. The summed E-state index contributed by atoms with van der Waals surface area (Å²) in [7, 11) is -0.224. The van der Waals surface area contributed by atoms with Gasteiger partial charge in [0.25, 0.3) is 10.0 Å². The summed E-state index contributed by atoms with van der Waals surface area (Å²) in [5.74, 6) is 2.04. The van der Waals surface area contributed by atoms with Crippen LogP contribution in [0.4, 0.5) is 0 Å². The van der Waals surface area contributed by atoms with Crippen LogP contribution in [0.1, 0.15) is 36.0 Å². The summed E-state index contributed by atoms with van der Waals surface area (Å²) in [5.41, 5.74) is 1.01. The van der Waals surface area contributed by atoms with Crippen molar-refractivity contribution < 1.29 is 17.6 Å². The van der Waals surface area contributed by atoms with Crippen LogP contribution in [0, 0.1) is 0 Å². The number of aromatic nitrogens is 3. The van der Waals surface area contributed by atoms with Crippen LogP contribution < -0.4 is 4.74 Å². The monoisotopic (exact) mass is 416 g/mol. The van der Waals surface area contributed by atoms with Gasteiger partial charge >= 0.3 is 0 Å². The summed E-state index contributed by atoms with van der Waals surface area (Å²) in [6.07, 6.45) is 6.89. The molecule has 29 heavy (non-hydrogen) atoms. The highest BCUT2D eigenvalue weighted by Crippen LogP contribution is 2.30. The van der Waals surface area contributed by atoms with Crippen molar-refractivity contribution in [1.29, 1.82) is 0 Å². The van der Waals surface area contributed by atoms with E-state index in [9.17, 15) is 8.42 Å². The van der Waals surface area contributed by atoms with E-state index < -0.39 is 10.0 Å². The lowest BCUT2D eigenvalue weighted by molar-refractivity contribution is 0.281. The molecule has 1 fully saturated rings. The SMILES string of the molecule is COc1ccccc1Cc1cnc([C@@H]2CCCN(S(=O)(=O)c3cn(C)cn3)C2)o1. The normalized spacial score (nSPS) is 18.1. The average molecular weight is 417 g/mol. The summed E-state index contributed by atoms with van der Waals surface area (Å²) in [6, 6.07) is 7.78. The van der Waals surface area contributed by atoms with Crippen molar-refractivity contribution in [2.45, 2.75) is 30.2 Å². The molecule has 154 valence electrons. The summed E-state index contributed by atoms with van der Waals surface area (Å²) < 4.78 is 40.3. The maximum Gasteiger partial charge on any atom is 0.262 e. The molecule has 4 rings (SSSR count). The molecule has 1 aliphatic heterocycles. The molecule has 0 radical (unpaired) electrons. The van der Waals surface area contributed by atoms with Gasteiger partial charge in [-0.2, -0.15) is 4.31 Å². The van der Waals surface area contributed by atoms with Crippen molar-refractivity contribution in [2.24, 2.45) is 7.05 Å². The van der Waals surface area contributed by atoms with E-state index in [1.807, 2.05) is 24.3 Å². The van der Waals surface area contributed by atoms with Crippen molar-refractivity contribution in [1.82, 2.24) is 18.8 Å². The van der Waals surface area contributed by atoms with Gasteiger partial charge in [-0.15, -0.1) is 0 Å². The smallest absolute Gasteiger partial charge is 0.262 e. The Labute approximate surface area is 170 Å². The van der Waals surface area contributed by atoms with Crippen molar-refractivity contribution in [3.63, 3.8) is 0 Å². The van der Waals surface area contributed by atoms with Gasteiger partial charge in [0.2, 0.25) is 0 Å². The third-order valence-electron chi connectivity index (χ3n) is 5.15. The van der Waals surface area contributed by atoms with Gasteiger partial charge in [0.1, 0.15) is 11.5 Å². The number of aryl methyl sites for hydroxylation is 1. The van der Waals surface area contributed by atoms with Gasteiger partial charge in [-0.3, -0.25) is 0 Å². The second kappa shape index (κ2) is 8.00. The van der Waals surface area contributed by atoms with Crippen LogP contribution >= 0.6 is 0 Å². The summed E-state index contributed by atoms with van der Waals surface area (Å²) in [6.45, 7) is 0.817. The quantitative estimate of drug-likeness (QED) is 0.613. The highest BCUT2D eigenvalue weighted by molar-refractivity contribution is 7.89. The van der Waals surface area contributed by atoms with Crippen molar-refractivity contribution >= 4 is 10.0 Å². The first-order valence-corrected chi connectivity index (χ1v) is 11.0. The van der Waals surface area contributed by atoms with Gasteiger partial charge in [-0.1, -0.05) is 18.2 Å². The zero-order valence-electron chi connectivity index (χ0n) is 16.5. The molecular weight excluding hydrogens is 392 g/mol. The Morgan fingerprint density at radius 1 is 1.28 bits per heavy atom. The van der Waals surface area contributed by atoms with Gasteiger partial charge in [-0.25, -0.2) is 18.4 Å². The summed E-state index contributed by atoms with van der Waals surface area (Å²) in [4.78, 5) is 8.45. The average Bonchev–Trinajstić information content (AvgIpc) is 3.38. The zero-order valence-corrected chi connectivity index (χ0v) is 17.3. The third-order valence-corrected chi connectivity index (χ3v) is 6.90. The predicted octanol–water partition coefficient (Wildman–Crippen LogP) is 2.58. The summed E-state index contributed by atoms with van der Waals surface area (Å²) in [5, 5.41) is 0.0740. The van der Waals surface area contributed by atoms with Gasteiger partial charge in [0.05, 0.1) is 19.6 Å². The second-order valence-electron chi connectivity index (χ2n) is 7.23. The van der Waals surface area contributed by atoms with Gasteiger partial charge in [0, 0.05) is 44.2 Å². The lowest BCUT2D eigenvalue weighted by Gasteiger charge is -2.29. The number of imidazole rings is 1. The number of piperidine rings is 1. The largest absolute Gasteiger partial charge is 0.496 e. The van der Waals surface area contributed by atoms with E-state index in [1.165, 1.54) is 16.8 Å². The van der Waals surface area contributed by atoms with Crippen LogP contribution in [0.5, 0.6) is 5.75 Å². The molecule has 0 saturated carbocycles. The van der Waals surface area contributed by atoms with Gasteiger partial charge < -0.3 is 13.7 Å². The number of hydrogen-bond donors (Lipinski definition) is 0. The Kier molecular flexibility index (Phi) is 5.42. The third kappa shape index (κ3) is 4.06. The fourth-order valence-electron chi connectivity index (χ4n) is 3.65. The molecule has 3 aromatic rings. The Morgan fingerprint density at radius 2 is 2.10 bits per heavy atom. The van der Waals surface area contributed by atoms with E-state index in [1.54, 1.807) is 24.9 Å². The van der Waals surface area contributed by atoms with Crippen LogP contribution in [0.3, 0.4) is 0 Å². The maximum absolute atomic E-state index is 12.9. The van der Waals surface area contributed by atoms with Crippen LogP contribution in [0.25, 0.3) is 0 Å². The van der Waals surface area contributed by atoms with E-state index in [4.69, 9.17) is 9.15 Å². The van der Waals surface area contributed by atoms with E-state index >= 15 is 0 Å². The number of methoxy groups -OCH3 is 1. The number of nitrogens with zero attached hydrogens (tertiary/aromatic N) is 4. The molecule has 0 spiro atoms. The first-order chi connectivity index (χ1) is 14.0. The zero-order chi connectivity index (χ0) is 20.4. The van der Waals surface area contributed by atoms with Crippen molar-refractivity contribution in [3.05, 3.63) is 60.2 Å². The molecule has 0 bridgehead atoms. The van der Waals surface area contributed by atoms with Crippen molar-refractivity contribution in [2.75, 3.05) is 20.2 Å². The maximum atomic E-state index is 12.9. The number of ether oxygens (including phenoxy) is 1. The molecule has 3 heterocycles. The number of benzene rings is 1. The van der Waals surface area contributed by atoms with E-state index in [0.717, 1.165) is 29.9 Å². The molecule has 9 heteroatoms. The van der Waals surface area contributed by atoms with Crippen LogP contribution in [-0.4, -0.2) is 47.5 Å². The molecule has 0 unspecified atom stereocenters. The molecular formula is C20H24N4O4S. The fourth-order valence-corrected chi connectivity index (χ4v) is 5.14. The summed E-state index contributed by atoms with van der Waals surface area (Å²) >= 11 is 0. The first-order valence-electron chi connectivity index (χ1n) is 9.52. The molecule has 1 atom stereocenters. The number of hydrogen-bond acceptors (Lipinski definition) is 6. The molecule has 0 amide bonds. The molecule has 0 aliphatic carbocycles. The minimum Gasteiger partial charge on any atom is -0.496 e. The molecule has 1 aromatic carbocycles. The minimum absolute atomic E-state index is 0.0740. The lowest BCUT2D eigenvalue weighted by atomic mass is 10.00. The Morgan fingerprint density at radius 3 is 2.86 bits per heavy atom. The van der Waals surface area contributed by atoms with Crippen LogP contribution in [0.15, 0.2) is 52.4 Å². The Balaban J connectivity index is 1.49. The second-order valence-corrected chi connectivity index (χ2v) is 9.12. The predicted molar refractivity (Wildman–Crippen MR) is 106 cm³/mol. The highest BCUT2D eigenvalue weighted by Gasteiger charge is 2.34.